The first kappa shape index (κ1) is 47.8. The molecule has 4 unspecified atom stereocenters. The number of unbranched alkanes of at least 4 members (excludes halogenated alkanes) is 1. The number of likely N-dealkylation sites (N-methyl/N-ethyl adjacent to an activating group) is 1. The van der Waals surface area contributed by atoms with Crippen molar-refractivity contribution < 1.29 is 47.6 Å². The van der Waals surface area contributed by atoms with Crippen molar-refractivity contribution in [2.45, 2.75) is 160 Å². The van der Waals surface area contributed by atoms with Gasteiger partial charge in [0.2, 0.25) is 0 Å². The number of nitrogens with zero attached hydrogens (tertiary/aromatic N) is 6. The van der Waals surface area contributed by atoms with E-state index in [1.807, 2.05) is 70.2 Å². The van der Waals surface area contributed by atoms with Gasteiger partial charge in [0, 0.05) is 38.2 Å². The van der Waals surface area contributed by atoms with Crippen LogP contribution in [0, 0.1) is 11.8 Å². The van der Waals surface area contributed by atoms with Gasteiger partial charge in [-0.05, 0) is 105 Å². The molecule has 62 heavy (non-hydrogen) atoms. The van der Waals surface area contributed by atoms with Crippen molar-refractivity contribution in [1.29, 1.82) is 0 Å². The fraction of sp³-hybridized carbons (Fsp3) is 0.727. The van der Waals surface area contributed by atoms with Crippen LogP contribution in [-0.2, 0) is 39.8 Å². The number of fused-ring (bicyclic) bond motifs is 2. The third kappa shape index (κ3) is 9.71. The van der Waals surface area contributed by atoms with Gasteiger partial charge in [0.1, 0.15) is 22.9 Å². The molecule has 13 atom stereocenters. The average molecular weight is 888 g/mol. The number of methoxy groups -OCH3 is 1. The van der Waals surface area contributed by atoms with Crippen LogP contribution in [-0.4, -0.2) is 153 Å². The third-order valence-electron chi connectivity index (χ3n) is 13.2. The van der Waals surface area contributed by atoms with Crippen LogP contribution in [0.25, 0.3) is 20.9 Å². The van der Waals surface area contributed by atoms with Crippen LogP contribution in [0.3, 0.4) is 0 Å². The highest BCUT2D eigenvalue weighted by Gasteiger charge is 2.60. The van der Waals surface area contributed by atoms with Crippen molar-refractivity contribution in [1.82, 2.24) is 35.1 Å². The van der Waals surface area contributed by atoms with Crippen molar-refractivity contribution in [3.8, 4) is 10.7 Å². The molecular formula is C44H66FN7O9S. The Kier molecular flexibility index (Phi) is 14.8. The Morgan fingerprint density at radius 2 is 1.79 bits per heavy atom. The lowest BCUT2D eigenvalue weighted by molar-refractivity contribution is -0.295. The van der Waals surface area contributed by atoms with E-state index in [4.69, 9.17) is 23.7 Å². The van der Waals surface area contributed by atoms with Crippen LogP contribution < -0.4 is 5.32 Å². The lowest BCUT2D eigenvalue weighted by Crippen LogP contribution is -2.61. The van der Waals surface area contributed by atoms with Crippen molar-refractivity contribution in [3.63, 3.8) is 0 Å². The molecule has 5 heterocycles. The number of carbonyl (C=O) groups is 3. The summed E-state index contributed by atoms with van der Waals surface area (Å²) in [6, 6.07) is 6.56. The van der Waals surface area contributed by atoms with E-state index < -0.39 is 77.3 Å². The Bertz CT molecular complexity index is 2000. The molecule has 16 nitrogen and oxygen atoms in total. The van der Waals surface area contributed by atoms with E-state index in [0.717, 1.165) is 22.1 Å². The standard InChI is InChI=1S/C44H66FN7O9S/c1-12-33-44(8)35(52(41(56)61-44)20-16-15-19-51-24-30(48-49-51)38-47-29-17-13-14-18-32(29)62-38)28(5)46-23-25(2)22-42(6,57-11)37(27(4)36(54)43(7,45)40(55)59-33)60-39-34(53)31(50(9)10)21-26(3)58-39/h13-14,17-18,24-28,31,33-35,37,39,46,53H,12,15-16,19-23H2,1-11H3/t25-,26?,27-,28-,31?,33-,34?,35-,37-,39+,42-,43?,44-/m1/s1. The number of para-hydroxylation sites is 1. The highest BCUT2D eigenvalue weighted by atomic mass is 32.1. The van der Waals surface area contributed by atoms with Gasteiger partial charge >= 0.3 is 12.1 Å². The first-order valence-corrected chi connectivity index (χ1v) is 22.7. The summed E-state index contributed by atoms with van der Waals surface area (Å²) in [6.45, 7) is 14.8. The van der Waals surface area contributed by atoms with E-state index in [2.05, 4.69) is 20.6 Å². The third-order valence-corrected chi connectivity index (χ3v) is 14.2. The maximum absolute atomic E-state index is 17.0. The van der Waals surface area contributed by atoms with Crippen LogP contribution in [0.15, 0.2) is 30.5 Å². The average Bonchev–Trinajstić information content (AvgIpc) is 3.95. The predicted molar refractivity (Wildman–Crippen MR) is 231 cm³/mol. The number of benzene rings is 1. The van der Waals surface area contributed by atoms with Crippen LogP contribution in [0.1, 0.15) is 87.5 Å². The van der Waals surface area contributed by atoms with Crippen LogP contribution in [0.2, 0.25) is 0 Å². The van der Waals surface area contributed by atoms with E-state index in [9.17, 15) is 19.5 Å². The number of ether oxygens (including phenoxy) is 5. The second kappa shape index (κ2) is 19.2. The molecule has 1 amide bonds. The summed E-state index contributed by atoms with van der Waals surface area (Å²) >= 11 is 1.56. The molecule has 0 saturated carbocycles. The van der Waals surface area contributed by atoms with E-state index in [1.165, 1.54) is 14.0 Å². The number of aliphatic hydroxyl groups excluding tert-OH is 1. The smallest absolute Gasteiger partial charge is 0.410 e. The molecule has 3 aliphatic rings. The quantitative estimate of drug-likeness (QED) is 0.142. The van der Waals surface area contributed by atoms with Gasteiger partial charge in [-0.25, -0.2) is 19.0 Å². The molecule has 6 rings (SSSR count). The SMILES string of the molecule is CC[C@H]1OC(=O)C(C)(F)C(=O)[C@@H](C)[C@@H](O[C@@H]2OC(C)CC(N(C)C)C2O)[C@](C)(OC)C[C@@H](C)CN[C@H](C)[C@H]2N(CCCCn3cc(-c4nc5ccccc5s4)nn3)C(=O)O[C@]12C. The van der Waals surface area contributed by atoms with Crippen LogP contribution >= 0.6 is 11.3 Å². The molecule has 3 aromatic rings. The summed E-state index contributed by atoms with van der Waals surface area (Å²) in [6.07, 6.45) is -1.23. The number of hydrogen-bond acceptors (Lipinski definition) is 15. The Morgan fingerprint density at radius 3 is 2.47 bits per heavy atom. The summed E-state index contributed by atoms with van der Waals surface area (Å²) in [7, 11) is 5.21. The number of nitrogens with one attached hydrogen (secondary N) is 1. The number of amides is 1. The maximum Gasteiger partial charge on any atom is 0.410 e. The largest absolute Gasteiger partial charge is 0.455 e. The Hall–Kier alpha value is -3.65. The zero-order chi connectivity index (χ0) is 45.3. The molecule has 2 N–H and O–H groups in total. The normalized spacial score (nSPS) is 36.6. The molecule has 3 aliphatic heterocycles. The van der Waals surface area contributed by atoms with Crippen LogP contribution in [0.4, 0.5) is 9.18 Å². The second-order valence-corrected chi connectivity index (χ2v) is 19.4. The zero-order valence-electron chi connectivity index (χ0n) is 38.0. The lowest BCUT2D eigenvalue weighted by Gasteiger charge is -2.47. The highest BCUT2D eigenvalue weighted by molar-refractivity contribution is 7.21. The molecule has 344 valence electrons. The number of aliphatic hydroxyl groups is 1. The Morgan fingerprint density at radius 1 is 1.08 bits per heavy atom. The fourth-order valence-corrected chi connectivity index (χ4v) is 10.6. The first-order chi connectivity index (χ1) is 29.2. The van der Waals surface area contributed by atoms with Gasteiger partial charge in [-0.2, -0.15) is 0 Å². The van der Waals surface area contributed by atoms with Crippen molar-refractivity contribution in [2.24, 2.45) is 11.8 Å². The summed E-state index contributed by atoms with van der Waals surface area (Å²) < 4.78 is 50.8. The minimum atomic E-state index is -3.13. The highest BCUT2D eigenvalue weighted by Crippen LogP contribution is 2.41. The van der Waals surface area contributed by atoms with E-state index in [-0.39, 0.29) is 24.5 Å². The number of alkyl halides is 1. The summed E-state index contributed by atoms with van der Waals surface area (Å²) in [5.41, 5.74) is -4.18. The van der Waals surface area contributed by atoms with Crippen LogP contribution in [0.5, 0.6) is 0 Å². The number of hydrogen-bond donors (Lipinski definition) is 2. The number of Topliss-reactive ketones (excluding diaryl/α,β-unsaturated/α-hetero) is 1. The Balaban J connectivity index is 1.23. The number of aryl methyl sites for hydroxylation is 1. The minimum Gasteiger partial charge on any atom is -0.455 e. The van der Waals surface area contributed by atoms with Gasteiger partial charge in [0.05, 0.1) is 40.3 Å². The first-order valence-electron chi connectivity index (χ1n) is 21.9. The van der Waals surface area contributed by atoms with Crippen molar-refractivity contribution in [2.75, 3.05) is 34.3 Å². The molecule has 18 heteroatoms. The molecule has 3 saturated heterocycles. The van der Waals surface area contributed by atoms with Gasteiger partial charge < -0.3 is 39.0 Å². The number of halogens is 1. The van der Waals surface area contributed by atoms with Gasteiger partial charge in [-0.1, -0.05) is 38.1 Å². The molecule has 0 bridgehead atoms. The minimum absolute atomic E-state index is 0.115. The van der Waals surface area contributed by atoms with Crippen molar-refractivity contribution >= 4 is 39.4 Å². The van der Waals surface area contributed by atoms with Crippen molar-refractivity contribution in [3.05, 3.63) is 30.5 Å². The van der Waals surface area contributed by atoms with Gasteiger partial charge in [0.15, 0.2) is 17.7 Å². The fourth-order valence-electron chi connectivity index (χ4n) is 9.71. The molecular weight excluding hydrogens is 822 g/mol. The molecule has 0 aliphatic carbocycles. The van der Waals surface area contributed by atoms with Gasteiger partial charge in [0.25, 0.3) is 5.67 Å². The van der Waals surface area contributed by atoms with E-state index in [0.29, 0.717) is 51.0 Å². The molecule has 0 radical (unpaired) electrons. The summed E-state index contributed by atoms with van der Waals surface area (Å²) in [5.74, 6) is -3.85. The zero-order valence-corrected chi connectivity index (χ0v) is 38.8. The number of esters is 1. The number of carbonyl (C=O) groups excluding carboxylic acids is 3. The molecule has 0 spiro atoms. The predicted octanol–water partition coefficient (Wildman–Crippen LogP) is 5.40. The van der Waals surface area contributed by atoms with E-state index >= 15 is 4.39 Å². The topological polar surface area (TPSA) is 180 Å². The van der Waals surface area contributed by atoms with E-state index in [1.54, 1.807) is 41.7 Å². The summed E-state index contributed by atoms with van der Waals surface area (Å²) in [4.78, 5) is 50.4. The monoisotopic (exact) mass is 887 g/mol. The van der Waals surface area contributed by atoms with Gasteiger partial charge in [-0.15, -0.1) is 16.4 Å². The summed E-state index contributed by atoms with van der Waals surface area (Å²) in [5, 5.41) is 24.5. The number of ketones is 1. The molecule has 1 aromatic carbocycles. The lowest BCUT2D eigenvalue weighted by atomic mass is 9.78. The molecule has 3 fully saturated rings. The maximum atomic E-state index is 17.0. The molecule has 2 aromatic heterocycles. The Labute approximate surface area is 368 Å². The number of cyclic esters (lactones) is 1. The second-order valence-electron chi connectivity index (χ2n) is 18.4. The van der Waals surface area contributed by atoms with Gasteiger partial charge in [-0.3, -0.25) is 14.4 Å². The number of rotatable bonds is 11. The number of thiazole rings is 1. The number of aromatic nitrogens is 4.